The Kier molecular flexibility index (Phi) is 3.47. The van der Waals surface area contributed by atoms with E-state index in [0.717, 1.165) is 42.7 Å². The van der Waals surface area contributed by atoms with E-state index in [4.69, 9.17) is 18.9 Å². The minimum atomic E-state index is -0.440. The zero-order valence-corrected chi connectivity index (χ0v) is 14.3. The fraction of sp³-hybridized carbons (Fsp3) is 0.632. The van der Waals surface area contributed by atoms with Gasteiger partial charge in [-0.3, -0.25) is 4.79 Å². The van der Waals surface area contributed by atoms with Gasteiger partial charge in [-0.05, 0) is 30.5 Å². The summed E-state index contributed by atoms with van der Waals surface area (Å²) in [6, 6.07) is 5.95. The molecule has 1 aromatic rings. The summed E-state index contributed by atoms with van der Waals surface area (Å²) in [7, 11) is 0. The van der Waals surface area contributed by atoms with Gasteiger partial charge in [-0.2, -0.15) is 0 Å². The van der Waals surface area contributed by atoms with E-state index in [-0.39, 0.29) is 11.3 Å². The highest BCUT2D eigenvalue weighted by molar-refractivity contribution is 5.91. The number of ether oxygens (including phenoxy) is 4. The van der Waals surface area contributed by atoms with Crippen LogP contribution in [0.15, 0.2) is 18.2 Å². The van der Waals surface area contributed by atoms with Gasteiger partial charge in [0.1, 0.15) is 13.2 Å². The van der Waals surface area contributed by atoms with Gasteiger partial charge < -0.3 is 23.8 Å². The molecule has 0 bridgehead atoms. The molecule has 0 atom stereocenters. The van der Waals surface area contributed by atoms with Gasteiger partial charge in [0.2, 0.25) is 5.91 Å². The molecule has 1 aromatic carbocycles. The van der Waals surface area contributed by atoms with E-state index in [0.29, 0.717) is 39.5 Å². The first-order chi connectivity index (χ1) is 12.2. The van der Waals surface area contributed by atoms with Crippen molar-refractivity contribution in [3.8, 4) is 11.5 Å². The topological polar surface area (TPSA) is 57.2 Å². The minimum Gasteiger partial charge on any atom is -0.486 e. The molecule has 6 heteroatoms. The Labute approximate surface area is 147 Å². The van der Waals surface area contributed by atoms with E-state index in [1.807, 2.05) is 23.1 Å². The van der Waals surface area contributed by atoms with Crippen molar-refractivity contribution in [3.05, 3.63) is 23.8 Å². The van der Waals surface area contributed by atoms with E-state index in [1.54, 1.807) is 0 Å². The zero-order valence-electron chi connectivity index (χ0n) is 14.3. The van der Waals surface area contributed by atoms with Crippen molar-refractivity contribution in [2.45, 2.75) is 36.9 Å². The summed E-state index contributed by atoms with van der Waals surface area (Å²) in [6.45, 7) is 3.86. The molecule has 0 N–H and O–H groups in total. The van der Waals surface area contributed by atoms with Crippen LogP contribution in [0.2, 0.25) is 0 Å². The summed E-state index contributed by atoms with van der Waals surface area (Å²) >= 11 is 0. The molecular weight excluding hydrogens is 322 g/mol. The molecule has 2 saturated heterocycles. The molecule has 0 aromatic heterocycles. The molecular formula is C19H23NO5. The molecule has 25 heavy (non-hydrogen) atoms. The second-order valence-electron chi connectivity index (χ2n) is 7.34. The molecule has 3 fully saturated rings. The monoisotopic (exact) mass is 345 g/mol. The number of likely N-dealkylation sites (tertiary alicyclic amines) is 1. The lowest BCUT2D eigenvalue weighted by Gasteiger charge is -2.39. The van der Waals surface area contributed by atoms with E-state index < -0.39 is 5.79 Å². The van der Waals surface area contributed by atoms with Gasteiger partial charge in [0.05, 0.1) is 18.6 Å². The normalized spacial score (nSPS) is 25.8. The quantitative estimate of drug-likeness (QED) is 0.819. The van der Waals surface area contributed by atoms with Crippen molar-refractivity contribution < 1.29 is 23.7 Å². The molecule has 3 aliphatic heterocycles. The molecule has 1 amide bonds. The van der Waals surface area contributed by atoms with Crippen LogP contribution in [0.1, 0.15) is 31.2 Å². The number of hydrogen-bond donors (Lipinski definition) is 0. The predicted octanol–water partition coefficient (Wildman–Crippen LogP) is 1.85. The van der Waals surface area contributed by atoms with Gasteiger partial charge in [-0.1, -0.05) is 6.07 Å². The molecule has 1 spiro atoms. The Morgan fingerprint density at radius 1 is 0.880 bits per heavy atom. The largest absolute Gasteiger partial charge is 0.486 e. The van der Waals surface area contributed by atoms with E-state index in [9.17, 15) is 4.79 Å². The van der Waals surface area contributed by atoms with Crippen LogP contribution in [0.3, 0.4) is 0 Å². The average Bonchev–Trinajstić information content (AvgIpc) is 3.36. The summed E-state index contributed by atoms with van der Waals surface area (Å²) in [5.41, 5.74) is 0.674. The number of rotatable bonds is 2. The first-order valence-corrected chi connectivity index (χ1v) is 9.18. The number of carbonyl (C=O) groups excluding carboxylic acids is 1. The third-order valence-corrected chi connectivity index (χ3v) is 5.88. The van der Waals surface area contributed by atoms with Gasteiger partial charge in [0, 0.05) is 25.9 Å². The van der Waals surface area contributed by atoms with Gasteiger partial charge >= 0.3 is 0 Å². The van der Waals surface area contributed by atoms with Crippen LogP contribution < -0.4 is 9.47 Å². The van der Waals surface area contributed by atoms with E-state index in [2.05, 4.69) is 0 Å². The number of nitrogens with zero attached hydrogens (tertiary/aromatic N) is 1. The molecule has 0 unspecified atom stereocenters. The molecule has 134 valence electrons. The van der Waals surface area contributed by atoms with Gasteiger partial charge in [0.25, 0.3) is 0 Å². The zero-order chi connectivity index (χ0) is 16.9. The second kappa shape index (κ2) is 5.61. The molecule has 3 heterocycles. The lowest BCUT2D eigenvalue weighted by atomic mass is 9.92. The fourth-order valence-corrected chi connectivity index (χ4v) is 4.23. The summed E-state index contributed by atoms with van der Waals surface area (Å²) in [4.78, 5) is 15.2. The van der Waals surface area contributed by atoms with Gasteiger partial charge in [-0.15, -0.1) is 0 Å². The standard InChI is InChI=1S/C19H23NO5/c21-17(20-7-5-19(6-8-20)24-11-12-25-19)18(3-4-18)14-1-2-15-16(13-14)23-10-9-22-15/h1-2,13H,3-12H2. The van der Waals surface area contributed by atoms with E-state index in [1.165, 1.54) is 0 Å². The van der Waals surface area contributed by atoms with Crippen molar-refractivity contribution >= 4 is 5.91 Å². The molecule has 0 radical (unpaired) electrons. The smallest absolute Gasteiger partial charge is 0.233 e. The van der Waals surface area contributed by atoms with Gasteiger partial charge in [-0.25, -0.2) is 0 Å². The van der Waals surface area contributed by atoms with Crippen molar-refractivity contribution in [2.24, 2.45) is 0 Å². The highest BCUT2D eigenvalue weighted by Crippen LogP contribution is 2.52. The number of carbonyl (C=O) groups is 1. The van der Waals surface area contributed by atoms with Crippen LogP contribution in [-0.4, -0.2) is 56.1 Å². The van der Waals surface area contributed by atoms with Crippen LogP contribution in [0.25, 0.3) is 0 Å². The third-order valence-electron chi connectivity index (χ3n) is 5.88. The first-order valence-electron chi connectivity index (χ1n) is 9.18. The molecule has 1 aliphatic carbocycles. The summed E-state index contributed by atoms with van der Waals surface area (Å²) in [5.74, 6) is 1.32. The number of fused-ring (bicyclic) bond motifs is 1. The lowest BCUT2D eigenvalue weighted by Crippen LogP contribution is -2.50. The number of hydrogen-bond acceptors (Lipinski definition) is 5. The van der Waals surface area contributed by atoms with Crippen LogP contribution >= 0.6 is 0 Å². The van der Waals surface area contributed by atoms with E-state index >= 15 is 0 Å². The predicted molar refractivity (Wildman–Crippen MR) is 88.8 cm³/mol. The maximum Gasteiger partial charge on any atom is 0.233 e. The Morgan fingerprint density at radius 2 is 1.56 bits per heavy atom. The second-order valence-corrected chi connectivity index (χ2v) is 7.34. The average molecular weight is 345 g/mol. The molecule has 6 nitrogen and oxygen atoms in total. The maximum atomic E-state index is 13.2. The fourth-order valence-electron chi connectivity index (χ4n) is 4.23. The van der Waals surface area contributed by atoms with Crippen LogP contribution in [-0.2, 0) is 19.7 Å². The Bertz CT molecular complexity index is 683. The van der Waals surface area contributed by atoms with Crippen molar-refractivity contribution in [1.82, 2.24) is 4.90 Å². The highest BCUT2D eigenvalue weighted by Gasteiger charge is 2.54. The SMILES string of the molecule is O=C(N1CCC2(CC1)OCCO2)C1(c2ccc3c(c2)OCCO3)CC1. The summed E-state index contributed by atoms with van der Waals surface area (Å²) in [6.07, 6.45) is 3.33. The van der Waals surface area contributed by atoms with Crippen molar-refractivity contribution in [3.63, 3.8) is 0 Å². The van der Waals surface area contributed by atoms with Crippen LogP contribution in [0, 0.1) is 0 Å². The lowest BCUT2D eigenvalue weighted by molar-refractivity contribution is -0.188. The summed E-state index contributed by atoms with van der Waals surface area (Å²) < 4.78 is 22.8. The highest BCUT2D eigenvalue weighted by atomic mass is 16.7. The van der Waals surface area contributed by atoms with Crippen LogP contribution in [0.5, 0.6) is 11.5 Å². The molecule has 4 aliphatic rings. The number of benzene rings is 1. The number of amides is 1. The van der Waals surface area contributed by atoms with Gasteiger partial charge in [0.15, 0.2) is 17.3 Å². The Morgan fingerprint density at radius 3 is 2.24 bits per heavy atom. The van der Waals surface area contributed by atoms with Crippen LogP contribution in [0.4, 0.5) is 0 Å². The Balaban J connectivity index is 1.33. The summed E-state index contributed by atoms with van der Waals surface area (Å²) in [5, 5.41) is 0. The van der Waals surface area contributed by atoms with Crippen molar-refractivity contribution in [2.75, 3.05) is 39.5 Å². The Hall–Kier alpha value is -1.79. The third kappa shape index (κ3) is 2.50. The van der Waals surface area contributed by atoms with Crippen molar-refractivity contribution in [1.29, 1.82) is 0 Å². The molecule has 1 saturated carbocycles. The first kappa shape index (κ1) is 15.5. The maximum absolute atomic E-state index is 13.2. The molecule has 5 rings (SSSR count). The minimum absolute atomic E-state index is 0.233. The number of piperidine rings is 1.